The molecule has 4 rings (SSSR count). The summed E-state index contributed by atoms with van der Waals surface area (Å²) in [4.78, 5) is 41.0. The summed E-state index contributed by atoms with van der Waals surface area (Å²) < 4.78 is 6.67. The zero-order valence-corrected chi connectivity index (χ0v) is 21.3. The van der Waals surface area contributed by atoms with Gasteiger partial charge in [-0.05, 0) is 61.4 Å². The largest absolute Gasteiger partial charge is 0.462 e. The van der Waals surface area contributed by atoms with E-state index in [2.05, 4.69) is 15.6 Å². The second kappa shape index (κ2) is 12.3. The lowest BCUT2D eigenvalue weighted by atomic mass is 10.1. The van der Waals surface area contributed by atoms with E-state index in [9.17, 15) is 14.4 Å². The molecule has 0 aliphatic carbocycles. The van der Waals surface area contributed by atoms with Crippen LogP contribution in [0.15, 0.2) is 77.1 Å². The molecule has 0 spiro atoms. The number of hydrogen-bond donors (Lipinski definition) is 2. The summed E-state index contributed by atoms with van der Waals surface area (Å²) >= 11 is 2.82. The molecule has 36 heavy (non-hydrogen) atoms. The first-order valence-corrected chi connectivity index (χ1v) is 13.2. The number of nitrogens with zero attached hydrogens (tertiary/aromatic N) is 1. The highest BCUT2D eigenvalue weighted by molar-refractivity contribution is 8.01. The minimum atomic E-state index is -0.392. The highest BCUT2D eigenvalue weighted by atomic mass is 32.2. The highest BCUT2D eigenvalue weighted by Gasteiger charge is 2.11. The van der Waals surface area contributed by atoms with Crippen molar-refractivity contribution < 1.29 is 19.1 Å². The number of aromatic nitrogens is 1. The summed E-state index contributed by atoms with van der Waals surface area (Å²) in [5.41, 5.74) is 3.71. The number of thioether (sulfide) groups is 1. The molecule has 4 aromatic rings. The number of esters is 1. The Bertz CT molecular complexity index is 1350. The van der Waals surface area contributed by atoms with Crippen molar-refractivity contribution in [3.63, 3.8) is 0 Å². The Labute approximate surface area is 217 Å². The van der Waals surface area contributed by atoms with Gasteiger partial charge in [-0.25, -0.2) is 9.78 Å². The van der Waals surface area contributed by atoms with E-state index in [1.165, 1.54) is 23.1 Å². The van der Waals surface area contributed by atoms with Crippen LogP contribution in [0.3, 0.4) is 0 Å². The molecular formula is C27H25N3O4S2. The maximum Gasteiger partial charge on any atom is 0.338 e. The molecule has 0 aliphatic rings. The number of rotatable bonds is 10. The van der Waals surface area contributed by atoms with Crippen LogP contribution in [0.1, 0.15) is 29.3 Å². The second-order valence-corrected chi connectivity index (χ2v) is 10.1. The van der Waals surface area contributed by atoms with Gasteiger partial charge in [-0.2, -0.15) is 0 Å². The Kier molecular flexibility index (Phi) is 8.70. The van der Waals surface area contributed by atoms with Crippen molar-refractivity contribution in [1.82, 2.24) is 4.98 Å². The fraction of sp³-hybridized carbons (Fsp3) is 0.185. The van der Waals surface area contributed by atoms with E-state index < -0.39 is 5.97 Å². The van der Waals surface area contributed by atoms with Crippen molar-refractivity contribution in [1.29, 1.82) is 0 Å². The number of amides is 2. The molecule has 0 unspecified atom stereocenters. The molecule has 7 nitrogen and oxygen atoms in total. The van der Waals surface area contributed by atoms with E-state index in [1.807, 2.05) is 48.5 Å². The van der Waals surface area contributed by atoms with E-state index in [4.69, 9.17) is 4.74 Å². The number of anilines is 2. The average molecular weight is 520 g/mol. The van der Waals surface area contributed by atoms with Crippen molar-refractivity contribution in [3.05, 3.63) is 83.9 Å². The maximum atomic E-state index is 12.4. The molecule has 9 heteroatoms. The zero-order valence-electron chi connectivity index (χ0n) is 19.7. The number of hydrogen-bond acceptors (Lipinski definition) is 7. The Hall–Kier alpha value is -3.69. The summed E-state index contributed by atoms with van der Waals surface area (Å²) in [6, 6.07) is 22.1. The lowest BCUT2D eigenvalue weighted by Gasteiger charge is -2.06. The van der Waals surface area contributed by atoms with Crippen LogP contribution in [0.4, 0.5) is 11.4 Å². The molecule has 0 fully saturated rings. The first kappa shape index (κ1) is 25.4. The van der Waals surface area contributed by atoms with E-state index in [-0.39, 0.29) is 17.6 Å². The topological polar surface area (TPSA) is 97.4 Å². The zero-order chi connectivity index (χ0) is 25.3. The van der Waals surface area contributed by atoms with Crippen LogP contribution < -0.4 is 10.6 Å². The van der Waals surface area contributed by atoms with Gasteiger partial charge in [0.25, 0.3) is 0 Å². The minimum absolute atomic E-state index is 0.0377. The van der Waals surface area contributed by atoms with Gasteiger partial charge in [0.2, 0.25) is 11.8 Å². The van der Waals surface area contributed by atoms with Gasteiger partial charge in [-0.3, -0.25) is 9.59 Å². The molecule has 3 aromatic carbocycles. The molecule has 184 valence electrons. The van der Waals surface area contributed by atoms with Gasteiger partial charge in [0.15, 0.2) is 4.34 Å². The van der Waals surface area contributed by atoms with Gasteiger partial charge >= 0.3 is 5.97 Å². The second-order valence-electron chi connectivity index (χ2n) is 7.83. The van der Waals surface area contributed by atoms with Gasteiger partial charge < -0.3 is 15.4 Å². The standard InChI is InChI=1S/C27H25N3O4S2/c1-2-34-26(33)19-9-11-20(12-10-19)28-25(32)17-35-27-30-22-14-13-21(16-23(22)36-27)29-24(31)15-8-18-6-4-3-5-7-18/h3-7,9-14,16H,2,8,15,17H2,1H3,(H,28,32)(H,29,31). The van der Waals surface area contributed by atoms with Gasteiger partial charge in [-0.15, -0.1) is 11.3 Å². The van der Waals surface area contributed by atoms with Crippen LogP contribution in [0.25, 0.3) is 10.2 Å². The summed E-state index contributed by atoms with van der Waals surface area (Å²) in [5, 5.41) is 5.77. The van der Waals surface area contributed by atoms with Crippen LogP contribution in [0.5, 0.6) is 0 Å². The molecule has 1 heterocycles. The first-order valence-electron chi connectivity index (χ1n) is 11.4. The molecule has 2 N–H and O–H groups in total. The molecule has 0 bridgehead atoms. The predicted octanol–water partition coefficient (Wildman–Crippen LogP) is 5.78. The van der Waals surface area contributed by atoms with Gasteiger partial charge in [0, 0.05) is 17.8 Å². The van der Waals surface area contributed by atoms with Crippen LogP contribution in [0.2, 0.25) is 0 Å². The van der Waals surface area contributed by atoms with Crippen molar-refractivity contribution in [3.8, 4) is 0 Å². The molecule has 2 amide bonds. The van der Waals surface area contributed by atoms with Crippen molar-refractivity contribution in [2.75, 3.05) is 23.0 Å². The maximum absolute atomic E-state index is 12.4. The minimum Gasteiger partial charge on any atom is -0.462 e. The molecule has 0 atom stereocenters. The van der Waals surface area contributed by atoms with Crippen molar-refractivity contribution in [2.45, 2.75) is 24.1 Å². The third kappa shape index (κ3) is 7.16. The molecule has 0 saturated heterocycles. The first-order chi connectivity index (χ1) is 17.5. The number of thiazole rings is 1. The van der Waals surface area contributed by atoms with Crippen molar-refractivity contribution in [2.24, 2.45) is 0 Å². The van der Waals surface area contributed by atoms with Crippen LogP contribution in [-0.4, -0.2) is 35.1 Å². The van der Waals surface area contributed by atoms with E-state index in [1.54, 1.807) is 31.2 Å². The summed E-state index contributed by atoms with van der Waals surface area (Å²) in [6.45, 7) is 2.06. The normalized spacial score (nSPS) is 10.7. The third-order valence-electron chi connectivity index (χ3n) is 5.14. The molecular weight excluding hydrogens is 494 g/mol. The summed E-state index contributed by atoms with van der Waals surface area (Å²) in [6.07, 6.45) is 1.10. The fourth-order valence-electron chi connectivity index (χ4n) is 3.40. The van der Waals surface area contributed by atoms with Crippen LogP contribution in [-0.2, 0) is 20.7 Å². The Balaban J connectivity index is 1.27. The number of benzene rings is 3. The van der Waals surface area contributed by atoms with Crippen LogP contribution in [0, 0.1) is 0 Å². The fourth-order valence-corrected chi connectivity index (χ4v) is 5.31. The van der Waals surface area contributed by atoms with E-state index in [0.29, 0.717) is 30.7 Å². The van der Waals surface area contributed by atoms with Gasteiger partial charge in [0.05, 0.1) is 28.1 Å². The highest BCUT2D eigenvalue weighted by Crippen LogP contribution is 2.31. The summed E-state index contributed by atoms with van der Waals surface area (Å²) in [5.74, 6) is -0.404. The van der Waals surface area contributed by atoms with Crippen molar-refractivity contribution >= 4 is 62.5 Å². The number of aryl methyl sites for hydroxylation is 1. The third-order valence-corrected chi connectivity index (χ3v) is 7.30. The molecule has 0 saturated carbocycles. The number of nitrogens with one attached hydrogen (secondary N) is 2. The van der Waals surface area contributed by atoms with Gasteiger partial charge in [-0.1, -0.05) is 42.1 Å². The quantitative estimate of drug-likeness (QED) is 0.204. The Morgan fingerprint density at radius 2 is 1.64 bits per heavy atom. The average Bonchev–Trinajstić information content (AvgIpc) is 3.30. The number of ether oxygens (including phenoxy) is 1. The SMILES string of the molecule is CCOC(=O)c1ccc(NC(=O)CSc2nc3ccc(NC(=O)CCc4ccccc4)cc3s2)cc1. The molecule has 0 aliphatic heterocycles. The monoisotopic (exact) mass is 519 g/mol. The summed E-state index contributed by atoms with van der Waals surface area (Å²) in [7, 11) is 0. The Morgan fingerprint density at radius 1 is 0.917 bits per heavy atom. The smallest absolute Gasteiger partial charge is 0.338 e. The number of carbonyl (C=O) groups is 3. The number of carbonyl (C=O) groups excluding carboxylic acids is 3. The molecule has 0 radical (unpaired) electrons. The predicted molar refractivity (Wildman–Crippen MR) is 145 cm³/mol. The number of fused-ring (bicyclic) bond motifs is 1. The van der Waals surface area contributed by atoms with E-state index >= 15 is 0 Å². The van der Waals surface area contributed by atoms with E-state index in [0.717, 1.165) is 25.8 Å². The lowest BCUT2D eigenvalue weighted by Crippen LogP contribution is -2.14. The van der Waals surface area contributed by atoms with Gasteiger partial charge in [0.1, 0.15) is 0 Å². The lowest BCUT2D eigenvalue weighted by molar-refractivity contribution is -0.116. The molecule has 1 aromatic heterocycles. The van der Waals surface area contributed by atoms with Crippen LogP contribution >= 0.6 is 23.1 Å². The Morgan fingerprint density at radius 3 is 2.39 bits per heavy atom.